The molecule has 1 atom stereocenters. The maximum Gasteiger partial charge on any atom is 0.433 e. The number of carbonyl (C=O) groups excluding carboxylic acids is 1. The largest absolute Gasteiger partial charge is 0.507 e. The Morgan fingerprint density at radius 3 is 2.40 bits per heavy atom. The lowest BCUT2D eigenvalue weighted by Gasteiger charge is -2.30. The fourth-order valence-corrected chi connectivity index (χ4v) is 5.11. The molecule has 0 aliphatic carbocycles. The fraction of sp³-hybridized carbons (Fsp3) is 0.292. The molecule has 1 aromatic carbocycles. The molecule has 3 aromatic rings. The van der Waals surface area contributed by atoms with Gasteiger partial charge in [0.05, 0.1) is 15.2 Å². The van der Waals surface area contributed by atoms with Crippen LogP contribution in [0.5, 0.6) is 5.75 Å². The summed E-state index contributed by atoms with van der Waals surface area (Å²) in [6.07, 6.45) is -1.96. The molecule has 0 saturated heterocycles. The number of rotatable bonds is 8. The molecule has 7 nitrogen and oxygen atoms in total. The SMILES string of the molecule is CCc1ccnc(CC(C)(CNC(=O)c2ccccc2O)S(=O)(=O)c2ccc(C(F)(F)F)nc2)c1. The number of hydrogen-bond donors (Lipinski definition) is 2. The summed E-state index contributed by atoms with van der Waals surface area (Å²) in [5.41, 5.74) is 0.0918. The van der Waals surface area contributed by atoms with Gasteiger partial charge in [0.2, 0.25) is 0 Å². The molecule has 35 heavy (non-hydrogen) atoms. The van der Waals surface area contributed by atoms with Crippen LogP contribution in [0.4, 0.5) is 13.2 Å². The van der Waals surface area contributed by atoms with Crippen LogP contribution in [0.25, 0.3) is 0 Å². The van der Waals surface area contributed by atoms with Crippen LogP contribution in [0.15, 0.2) is 65.8 Å². The Labute approximate surface area is 201 Å². The molecule has 0 aliphatic rings. The van der Waals surface area contributed by atoms with Crippen molar-refractivity contribution in [1.82, 2.24) is 15.3 Å². The third-order valence-electron chi connectivity index (χ3n) is 5.60. The Balaban J connectivity index is 1.99. The molecular weight excluding hydrogens is 483 g/mol. The molecule has 11 heteroatoms. The quantitative estimate of drug-likeness (QED) is 0.478. The maximum absolute atomic E-state index is 13.6. The summed E-state index contributed by atoms with van der Waals surface area (Å²) in [7, 11) is -4.32. The van der Waals surface area contributed by atoms with Crippen molar-refractivity contribution in [3.05, 3.63) is 83.4 Å². The van der Waals surface area contributed by atoms with Crippen LogP contribution in [0.2, 0.25) is 0 Å². The highest BCUT2D eigenvalue weighted by Gasteiger charge is 2.42. The smallest absolute Gasteiger partial charge is 0.433 e. The zero-order valence-corrected chi connectivity index (χ0v) is 19.8. The second kappa shape index (κ2) is 10.0. The Bertz CT molecular complexity index is 1310. The van der Waals surface area contributed by atoms with Gasteiger partial charge in [-0.1, -0.05) is 19.1 Å². The number of phenolic OH excluding ortho intramolecular Hbond substituents is 1. The first-order valence-electron chi connectivity index (χ1n) is 10.7. The molecule has 0 bridgehead atoms. The predicted molar refractivity (Wildman–Crippen MR) is 123 cm³/mol. The summed E-state index contributed by atoms with van der Waals surface area (Å²) >= 11 is 0. The number of aryl methyl sites for hydroxylation is 1. The number of hydrogen-bond acceptors (Lipinski definition) is 6. The highest BCUT2D eigenvalue weighted by Crippen LogP contribution is 2.32. The van der Waals surface area contributed by atoms with Crippen LogP contribution in [-0.2, 0) is 28.9 Å². The maximum atomic E-state index is 13.6. The second-order valence-corrected chi connectivity index (χ2v) is 10.7. The van der Waals surface area contributed by atoms with E-state index in [0.29, 0.717) is 24.4 Å². The van der Waals surface area contributed by atoms with Gasteiger partial charge in [-0.3, -0.25) is 14.8 Å². The lowest BCUT2D eigenvalue weighted by atomic mass is 10.0. The van der Waals surface area contributed by atoms with E-state index in [1.807, 2.05) is 6.92 Å². The number of sulfone groups is 1. The number of aromatic nitrogens is 2. The lowest BCUT2D eigenvalue weighted by Crippen LogP contribution is -2.48. The van der Waals surface area contributed by atoms with Gasteiger partial charge in [-0.15, -0.1) is 0 Å². The van der Waals surface area contributed by atoms with Gasteiger partial charge in [0.1, 0.15) is 11.4 Å². The van der Waals surface area contributed by atoms with Crippen LogP contribution >= 0.6 is 0 Å². The average Bonchev–Trinajstić information content (AvgIpc) is 2.82. The van der Waals surface area contributed by atoms with E-state index in [1.54, 1.807) is 24.4 Å². The molecule has 3 rings (SSSR count). The van der Waals surface area contributed by atoms with Gasteiger partial charge in [0.25, 0.3) is 5.91 Å². The zero-order chi connectivity index (χ0) is 25.9. The van der Waals surface area contributed by atoms with E-state index in [0.717, 1.165) is 11.6 Å². The van der Waals surface area contributed by atoms with Gasteiger partial charge in [0.15, 0.2) is 9.84 Å². The number of para-hydroxylation sites is 1. The molecule has 186 valence electrons. The summed E-state index contributed by atoms with van der Waals surface area (Å²) in [5, 5.41) is 12.5. The number of carbonyl (C=O) groups is 1. The Morgan fingerprint density at radius 1 is 1.09 bits per heavy atom. The van der Waals surface area contributed by atoms with E-state index >= 15 is 0 Å². The zero-order valence-electron chi connectivity index (χ0n) is 19.0. The minimum absolute atomic E-state index is 0.0467. The number of phenols is 1. The summed E-state index contributed by atoms with van der Waals surface area (Å²) in [6, 6.07) is 10.7. The molecule has 1 unspecified atom stereocenters. The molecular formula is C24H24F3N3O4S. The highest BCUT2D eigenvalue weighted by atomic mass is 32.2. The molecule has 0 saturated carbocycles. The number of aromatic hydroxyl groups is 1. The van der Waals surface area contributed by atoms with Crippen molar-refractivity contribution in [3.63, 3.8) is 0 Å². The monoisotopic (exact) mass is 507 g/mol. The Kier molecular flexibility index (Phi) is 7.49. The summed E-state index contributed by atoms with van der Waals surface area (Å²) < 4.78 is 64.4. The number of nitrogens with one attached hydrogen (secondary N) is 1. The van der Waals surface area contributed by atoms with E-state index in [4.69, 9.17) is 0 Å². The highest BCUT2D eigenvalue weighted by molar-refractivity contribution is 7.92. The molecule has 0 aliphatic heterocycles. The molecule has 0 spiro atoms. The summed E-state index contributed by atoms with van der Waals surface area (Å²) in [5.74, 6) is -0.982. The number of amides is 1. The van der Waals surface area contributed by atoms with Crippen molar-refractivity contribution < 1.29 is 31.5 Å². The first-order chi connectivity index (χ1) is 16.4. The van der Waals surface area contributed by atoms with E-state index in [1.165, 1.54) is 25.1 Å². The van der Waals surface area contributed by atoms with Crippen molar-refractivity contribution in [3.8, 4) is 5.75 Å². The summed E-state index contributed by atoms with van der Waals surface area (Å²) in [4.78, 5) is 19.8. The van der Waals surface area contributed by atoms with Gasteiger partial charge < -0.3 is 10.4 Å². The number of benzene rings is 1. The van der Waals surface area contributed by atoms with E-state index in [9.17, 15) is 31.5 Å². The predicted octanol–water partition coefficient (Wildman–Crippen LogP) is 3.97. The molecule has 2 heterocycles. The molecule has 0 fully saturated rings. The van der Waals surface area contributed by atoms with E-state index in [2.05, 4.69) is 15.3 Å². The number of alkyl halides is 3. The Morgan fingerprint density at radius 2 is 1.80 bits per heavy atom. The standard InChI is InChI=1S/C24H24F3N3O4S/c1-3-16-10-11-28-17(12-16)13-23(2,15-30-22(32)19-6-4-5-7-20(19)31)35(33,34)18-8-9-21(29-14-18)24(25,26)27/h4-12,14,31H,3,13,15H2,1-2H3,(H,30,32). The van der Waals surface area contributed by atoms with E-state index in [-0.39, 0.29) is 17.7 Å². The van der Waals surface area contributed by atoms with Gasteiger partial charge in [-0.2, -0.15) is 13.2 Å². The van der Waals surface area contributed by atoms with Gasteiger partial charge in [0, 0.05) is 31.1 Å². The topological polar surface area (TPSA) is 109 Å². The first kappa shape index (κ1) is 26.1. The van der Waals surface area contributed by atoms with Crippen LogP contribution in [0, 0.1) is 0 Å². The number of nitrogens with zero attached hydrogens (tertiary/aromatic N) is 2. The number of halogens is 3. The van der Waals surface area contributed by atoms with Gasteiger partial charge in [-0.25, -0.2) is 8.42 Å². The van der Waals surface area contributed by atoms with Gasteiger partial charge >= 0.3 is 6.18 Å². The lowest BCUT2D eigenvalue weighted by molar-refractivity contribution is -0.141. The third kappa shape index (κ3) is 5.79. The number of pyridine rings is 2. The van der Waals surface area contributed by atoms with Crippen molar-refractivity contribution in [2.45, 2.75) is 42.5 Å². The van der Waals surface area contributed by atoms with Crippen molar-refractivity contribution in [2.75, 3.05) is 6.54 Å². The minimum atomic E-state index is -4.72. The average molecular weight is 508 g/mol. The van der Waals surface area contributed by atoms with Crippen molar-refractivity contribution in [2.24, 2.45) is 0 Å². The van der Waals surface area contributed by atoms with Crippen LogP contribution in [0.1, 0.15) is 41.2 Å². The summed E-state index contributed by atoms with van der Waals surface area (Å²) in [6.45, 7) is 2.91. The van der Waals surface area contributed by atoms with E-state index < -0.39 is 43.8 Å². The molecule has 2 aromatic heterocycles. The fourth-order valence-electron chi connectivity index (χ4n) is 3.50. The van der Waals surface area contributed by atoms with Crippen LogP contribution in [-0.4, -0.2) is 40.7 Å². The Hall–Kier alpha value is -3.47. The molecule has 1 amide bonds. The molecule has 0 radical (unpaired) electrons. The normalized spacial score (nSPS) is 13.7. The van der Waals surface area contributed by atoms with Crippen molar-refractivity contribution >= 4 is 15.7 Å². The van der Waals surface area contributed by atoms with Gasteiger partial charge in [-0.05, 0) is 55.3 Å². The third-order valence-corrected chi connectivity index (χ3v) is 8.05. The van der Waals surface area contributed by atoms with Crippen LogP contribution in [0.3, 0.4) is 0 Å². The molecule has 2 N–H and O–H groups in total. The second-order valence-electron chi connectivity index (χ2n) is 8.22. The first-order valence-corrected chi connectivity index (χ1v) is 12.1. The minimum Gasteiger partial charge on any atom is -0.507 e. The van der Waals surface area contributed by atoms with Crippen LogP contribution < -0.4 is 5.32 Å². The van der Waals surface area contributed by atoms with Crippen molar-refractivity contribution in [1.29, 1.82) is 0 Å².